The molecule has 0 aromatic heterocycles. The van der Waals surface area contributed by atoms with E-state index in [0.29, 0.717) is 0 Å². The van der Waals surface area contributed by atoms with Crippen LogP contribution in [-0.2, 0) is 9.05 Å². The van der Waals surface area contributed by atoms with Gasteiger partial charge in [-0.05, 0) is 40.9 Å². The van der Waals surface area contributed by atoms with Crippen molar-refractivity contribution in [3.05, 3.63) is 27.2 Å². The van der Waals surface area contributed by atoms with Crippen molar-refractivity contribution >= 4 is 53.2 Å². The smallest absolute Gasteiger partial charge is 0.262 e. The van der Waals surface area contributed by atoms with Crippen LogP contribution in [0, 0.1) is 0 Å². The number of nitrogens with one attached hydrogen (secondary N) is 1. The summed E-state index contributed by atoms with van der Waals surface area (Å²) in [7, 11) is 1.35. The summed E-state index contributed by atoms with van der Waals surface area (Å²) in [6.45, 7) is 0. The van der Waals surface area contributed by atoms with Crippen molar-refractivity contribution < 1.29 is 13.2 Å². The van der Waals surface area contributed by atoms with Crippen molar-refractivity contribution in [3.63, 3.8) is 0 Å². The van der Waals surface area contributed by atoms with E-state index in [-0.39, 0.29) is 26.0 Å². The Morgan fingerprint density at radius 3 is 2.50 bits per heavy atom. The molecule has 0 radical (unpaired) electrons. The van der Waals surface area contributed by atoms with E-state index in [1.165, 1.54) is 12.1 Å². The van der Waals surface area contributed by atoms with Crippen molar-refractivity contribution in [1.29, 1.82) is 0 Å². The fourth-order valence-corrected chi connectivity index (χ4v) is 3.96. The third-order valence-electron chi connectivity index (χ3n) is 2.44. The molecule has 1 fully saturated rings. The second-order valence-corrected chi connectivity index (χ2v) is 7.74. The molecule has 1 aliphatic carbocycles. The molecule has 0 saturated heterocycles. The van der Waals surface area contributed by atoms with Crippen LogP contribution < -0.4 is 5.32 Å². The molecule has 0 bridgehead atoms. The predicted molar refractivity (Wildman–Crippen MR) is 72.7 cm³/mol. The lowest BCUT2D eigenvalue weighted by Gasteiger charge is -2.08. The highest BCUT2D eigenvalue weighted by molar-refractivity contribution is 9.10. The summed E-state index contributed by atoms with van der Waals surface area (Å²) in [5.41, 5.74) is 0.103. The van der Waals surface area contributed by atoms with Gasteiger partial charge in [0.05, 0.1) is 15.5 Å². The number of carbonyl (C=O) groups excluding carboxylic acids is 1. The third kappa shape index (κ3) is 3.17. The van der Waals surface area contributed by atoms with Crippen molar-refractivity contribution in [2.75, 3.05) is 0 Å². The molecule has 8 heteroatoms. The van der Waals surface area contributed by atoms with Gasteiger partial charge >= 0.3 is 0 Å². The quantitative estimate of drug-likeness (QED) is 0.829. The van der Waals surface area contributed by atoms with Crippen LogP contribution >= 0.6 is 38.2 Å². The monoisotopic (exact) mass is 371 g/mol. The van der Waals surface area contributed by atoms with Gasteiger partial charge in [-0.1, -0.05) is 11.6 Å². The maximum absolute atomic E-state index is 11.9. The first-order valence-electron chi connectivity index (χ1n) is 5.03. The van der Waals surface area contributed by atoms with Crippen molar-refractivity contribution in [3.8, 4) is 0 Å². The zero-order valence-electron chi connectivity index (χ0n) is 8.91. The van der Waals surface area contributed by atoms with Crippen LogP contribution in [0.25, 0.3) is 0 Å². The van der Waals surface area contributed by atoms with Crippen molar-refractivity contribution in [2.45, 2.75) is 23.8 Å². The number of rotatable bonds is 3. The molecule has 4 nitrogen and oxygen atoms in total. The topological polar surface area (TPSA) is 63.2 Å². The van der Waals surface area contributed by atoms with E-state index in [0.717, 1.165) is 12.8 Å². The first-order valence-corrected chi connectivity index (χ1v) is 8.51. The highest BCUT2D eigenvalue weighted by atomic mass is 79.9. The molecule has 1 amide bonds. The van der Waals surface area contributed by atoms with Crippen molar-refractivity contribution in [1.82, 2.24) is 5.32 Å². The molecule has 0 heterocycles. The Balaban J connectivity index is 2.43. The minimum atomic E-state index is -3.93. The first-order chi connectivity index (χ1) is 8.29. The Hall–Kier alpha value is -0.300. The molecule has 1 aromatic rings. The Kier molecular flexibility index (Phi) is 3.92. The number of hydrogen-bond acceptors (Lipinski definition) is 3. The summed E-state index contributed by atoms with van der Waals surface area (Å²) in [5.74, 6) is -0.392. The van der Waals surface area contributed by atoms with Gasteiger partial charge in [-0.2, -0.15) is 0 Å². The number of halogens is 3. The SMILES string of the molecule is O=C(NC1CC1)c1cc(S(=O)(=O)Cl)c(Br)cc1Cl. The molecule has 98 valence electrons. The van der Waals surface area contributed by atoms with E-state index in [1.807, 2.05) is 0 Å². The van der Waals surface area contributed by atoms with E-state index >= 15 is 0 Å². The number of benzene rings is 1. The summed E-state index contributed by atoms with van der Waals surface area (Å²) < 4.78 is 22.9. The Morgan fingerprint density at radius 1 is 1.39 bits per heavy atom. The van der Waals surface area contributed by atoms with Crippen molar-refractivity contribution in [2.24, 2.45) is 0 Å². The van der Waals surface area contributed by atoms with Gasteiger partial charge in [-0.15, -0.1) is 0 Å². The molecular weight excluding hydrogens is 365 g/mol. The van der Waals surface area contributed by atoms with Crippen LogP contribution in [0.5, 0.6) is 0 Å². The van der Waals surface area contributed by atoms with Gasteiger partial charge in [0, 0.05) is 21.2 Å². The van der Waals surface area contributed by atoms with E-state index in [2.05, 4.69) is 21.2 Å². The number of hydrogen-bond donors (Lipinski definition) is 1. The zero-order valence-corrected chi connectivity index (χ0v) is 12.8. The Morgan fingerprint density at radius 2 is 2.00 bits per heavy atom. The average Bonchev–Trinajstić information content (AvgIpc) is 2.99. The highest BCUT2D eigenvalue weighted by Crippen LogP contribution is 2.31. The van der Waals surface area contributed by atoms with Gasteiger partial charge in [0.25, 0.3) is 15.0 Å². The average molecular weight is 373 g/mol. The van der Waals surface area contributed by atoms with E-state index < -0.39 is 15.0 Å². The second-order valence-electron chi connectivity index (χ2n) is 3.95. The van der Waals surface area contributed by atoms with Crippen LogP contribution in [0.4, 0.5) is 0 Å². The van der Waals surface area contributed by atoms with Gasteiger partial charge in [0.1, 0.15) is 0 Å². The van der Waals surface area contributed by atoms with Gasteiger partial charge in [0.15, 0.2) is 0 Å². The fraction of sp³-hybridized carbons (Fsp3) is 0.300. The molecule has 0 spiro atoms. The van der Waals surface area contributed by atoms with Gasteiger partial charge in [-0.25, -0.2) is 8.42 Å². The maximum Gasteiger partial charge on any atom is 0.262 e. The first kappa shape index (κ1) is 14.1. The summed E-state index contributed by atoms with van der Waals surface area (Å²) in [6, 6.07) is 2.68. The van der Waals surface area contributed by atoms with Crippen LogP contribution in [0.15, 0.2) is 21.5 Å². The number of carbonyl (C=O) groups is 1. The van der Waals surface area contributed by atoms with Crippen LogP contribution in [-0.4, -0.2) is 20.4 Å². The minimum absolute atomic E-state index is 0.103. The third-order valence-corrected chi connectivity index (χ3v) is 5.03. The lowest BCUT2D eigenvalue weighted by Crippen LogP contribution is -2.25. The molecule has 0 atom stereocenters. The molecule has 0 aliphatic heterocycles. The Labute approximate surface area is 122 Å². The zero-order chi connectivity index (χ0) is 13.5. The largest absolute Gasteiger partial charge is 0.349 e. The summed E-state index contributed by atoms with van der Waals surface area (Å²) >= 11 is 8.97. The highest BCUT2D eigenvalue weighted by Gasteiger charge is 2.26. The molecule has 1 saturated carbocycles. The Bertz CT molecular complexity index is 614. The molecule has 18 heavy (non-hydrogen) atoms. The molecule has 1 N–H and O–H groups in total. The molecular formula is C10H8BrCl2NO3S. The second kappa shape index (κ2) is 5.00. The summed E-state index contributed by atoms with van der Waals surface area (Å²) in [5, 5.41) is 2.90. The molecule has 0 unspecified atom stereocenters. The normalized spacial score (nSPS) is 15.5. The van der Waals surface area contributed by atoms with E-state index in [4.69, 9.17) is 22.3 Å². The lowest BCUT2D eigenvalue weighted by atomic mass is 10.2. The van der Waals surface area contributed by atoms with Crippen LogP contribution in [0.1, 0.15) is 23.2 Å². The molecule has 1 aromatic carbocycles. The van der Waals surface area contributed by atoms with Gasteiger partial charge in [0.2, 0.25) is 0 Å². The summed E-state index contributed by atoms with van der Waals surface area (Å²) in [4.78, 5) is 11.7. The standard InChI is InChI=1S/C10H8BrCl2NO3S/c11-7-4-8(12)6(3-9(7)18(13,16)17)10(15)14-5-1-2-5/h3-5H,1-2H2,(H,14,15). The minimum Gasteiger partial charge on any atom is -0.349 e. The lowest BCUT2D eigenvalue weighted by molar-refractivity contribution is 0.0951. The van der Waals surface area contributed by atoms with Crippen LogP contribution in [0.3, 0.4) is 0 Å². The maximum atomic E-state index is 11.9. The van der Waals surface area contributed by atoms with Gasteiger partial charge in [-0.3, -0.25) is 4.79 Å². The fourth-order valence-electron chi connectivity index (χ4n) is 1.38. The van der Waals surface area contributed by atoms with E-state index in [1.54, 1.807) is 0 Å². The number of amides is 1. The van der Waals surface area contributed by atoms with E-state index in [9.17, 15) is 13.2 Å². The van der Waals surface area contributed by atoms with Gasteiger partial charge < -0.3 is 5.32 Å². The van der Waals surface area contributed by atoms with Crippen LogP contribution in [0.2, 0.25) is 5.02 Å². The summed E-state index contributed by atoms with van der Waals surface area (Å²) in [6.07, 6.45) is 1.86. The predicted octanol–water partition coefficient (Wildman–Crippen LogP) is 2.92. The molecule has 2 rings (SSSR count). The molecule has 1 aliphatic rings.